The molecule has 1 unspecified atom stereocenters. The molecular weight excluding hydrogens is 198 g/mol. The zero-order chi connectivity index (χ0) is 12.0. The van der Waals surface area contributed by atoms with Crippen LogP contribution in [0.2, 0.25) is 0 Å². The number of rotatable bonds is 6. The van der Waals surface area contributed by atoms with Crippen molar-refractivity contribution in [1.82, 2.24) is 5.32 Å². The topological polar surface area (TPSA) is 21.3 Å². The first kappa shape index (κ1) is 14.0. The molecule has 1 aliphatic carbocycles. The summed E-state index contributed by atoms with van der Waals surface area (Å²) >= 11 is 0. The van der Waals surface area contributed by atoms with Gasteiger partial charge < -0.3 is 10.1 Å². The van der Waals surface area contributed by atoms with E-state index >= 15 is 0 Å². The van der Waals surface area contributed by atoms with Crippen molar-refractivity contribution in [2.45, 2.75) is 70.9 Å². The summed E-state index contributed by atoms with van der Waals surface area (Å²) in [5.74, 6) is 0.918. The van der Waals surface area contributed by atoms with Crippen LogP contribution in [-0.4, -0.2) is 25.3 Å². The van der Waals surface area contributed by atoms with Gasteiger partial charge >= 0.3 is 0 Å². The normalized spacial score (nSPS) is 21.0. The molecule has 2 nitrogen and oxygen atoms in total. The van der Waals surface area contributed by atoms with E-state index < -0.39 is 0 Å². The Morgan fingerprint density at radius 2 is 1.88 bits per heavy atom. The molecule has 16 heavy (non-hydrogen) atoms. The summed E-state index contributed by atoms with van der Waals surface area (Å²) in [5, 5.41) is 3.66. The number of nitrogens with one attached hydrogen (secondary N) is 1. The summed E-state index contributed by atoms with van der Waals surface area (Å²) in [5.41, 5.74) is -0.00101. The van der Waals surface area contributed by atoms with E-state index in [-0.39, 0.29) is 5.60 Å². The Morgan fingerprint density at radius 3 is 2.44 bits per heavy atom. The van der Waals surface area contributed by atoms with E-state index in [9.17, 15) is 0 Å². The minimum atomic E-state index is -0.00101. The molecule has 1 aliphatic rings. The molecule has 96 valence electrons. The largest absolute Gasteiger partial charge is 0.379 e. The molecule has 1 N–H and O–H groups in total. The number of methoxy groups -OCH3 is 1. The van der Waals surface area contributed by atoms with Gasteiger partial charge in [-0.05, 0) is 52.5 Å². The van der Waals surface area contributed by atoms with E-state index in [1.165, 1.54) is 38.6 Å². The van der Waals surface area contributed by atoms with Crippen molar-refractivity contribution in [1.29, 1.82) is 0 Å². The lowest BCUT2D eigenvalue weighted by Gasteiger charge is -2.29. The molecular formula is C14H29NO. The lowest BCUT2D eigenvalue weighted by Crippen LogP contribution is -2.38. The van der Waals surface area contributed by atoms with Crippen molar-refractivity contribution in [3.05, 3.63) is 0 Å². The third-order valence-corrected chi connectivity index (χ3v) is 3.83. The van der Waals surface area contributed by atoms with Gasteiger partial charge in [0.1, 0.15) is 0 Å². The van der Waals surface area contributed by atoms with Gasteiger partial charge in [0.15, 0.2) is 0 Å². The van der Waals surface area contributed by atoms with Crippen LogP contribution in [0.15, 0.2) is 0 Å². The van der Waals surface area contributed by atoms with E-state index in [0.29, 0.717) is 6.04 Å². The van der Waals surface area contributed by atoms with Gasteiger partial charge in [-0.15, -0.1) is 0 Å². The number of hydrogen-bond donors (Lipinski definition) is 1. The standard InChI is InChI=1S/C14H29NO/c1-12(10-14(2,3)16-4)15-11-13-8-6-5-7-9-13/h12-13,15H,5-11H2,1-4H3. The quantitative estimate of drug-likeness (QED) is 0.751. The predicted molar refractivity (Wildman–Crippen MR) is 69.7 cm³/mol. The zero-order valence-corrected chi connectivity index (χ0v) is 11.5. The average Bonchev–Trinajstić information content (AvgIpc) is 2.27. The van der Waals surface area contributed by atoms with E-state index in [2.05, 4.69) is 26.1 Å². The molecule has 1 fully saturated rings. The number of ether oxygens (including phenoxy) is 1. The first-order valence-corrected chi connectivity index (χ1v) is 6.82. The highest BCUT2D eigenvalue weighted by Gasteiger charge is 2.21. The maximum atomic E-state index is 5.46. The highest BCUT2D eigenvalue weighted by molar-refractivity contribution is 4.77. The molecule has 0 aliphatic heterocycles. The van der Waals surface area contributed by atoms with Crippen molar-refractivity contribution in [2.75, 3.05) is 13.7 Å². The highest BCUT2D eigenvalue weighted by atomic mass is 16.5. The molecule has 1 atom stereocenters. The van der Waals surface area contributed by atoms with E-state index in [1.807, 2.05) is 0 Å². The van der Waals surface area contributed by atoms with Crippen molar-refractivity contribution in [3.8, 4) is 0 Å². The fourth-order valence-corrected chi connectivity index (χ4v) is 2.65. The molecule has 0 bridgehead atoms. The second-order valence-electron chi connectivity index (χ2n) is 5.98. The second kappa shape index (κ2) is 6.61. The Bertz CT molecular complexity index is 185. The van der Waals surface area contributed by atoms with Crippen LogP contribution >= 0.6 is 0 Å². The molecule has 0 saturated heterocycles. The van der Waals surface area contributed by atoms with Crippen LogP contribution in [0.3, 0.4) is 0 Å². The molecule has 1 rings (SSSR count). The summed E-state index contributed by atoms with van der Waals surface area (Å²) in [4.78, 5) is 0. The molecule has 2 heteroatoms. The Labute approximate surface area is 101 Å². The average molecular weight is 227 g/mol. The first-order chi connectivity index (χ1) is 7.53. The fourth-order valence-electron chi connectivity index (χ4n) is 2.65. The van der Waals surface area contributed by atoms with Crippen LogP contribution in [0.5, 0.6) is 0 Å². The minimum Gasteiger partial charge on any atom is -0.379 e. The third kappa shape index (κ3) is 5.31. The van der Waals surface area contributed by atoms with Gasteiger partial charge in [-0.1, -0.05) is 19.3 Å². The Balaban J connectivity index is 2.16. The molecule has 0 amide bonds. The molecule has 0 aromatic heterocycles. The summed E-state index contributed by atoms with van der Waals surface area (Å²) in [7, 11) is 1.80. The Kier molecular flexibility index (Phi) is 5.77. The van der Waals surface area contributed by atoms with Gasteiger partial charge in [0.05, 0.1) is 5.60 Å². The predicted octanol–water partition coefficient (Wildman–Crippen LogP) is 3.36. The van der Waals surface area contributed by atoms with E-state index in [0.717, 1.165) is 12.3 Å². The van der Waals surface area contributed by atoms with Gasteiger partial charge in [0.25, 0.3) is 0 Å². The van der Waals surface area contributed by atoms with Gasteiger partial charge in [-0.2, -0.15) is 0 Å². The van der Waals surface area contributed by atoms with Gasteiger partial charge in [0.2, 0.25) is 0 Å². The van der Waals surface area contributed by atoms with Crippen molar-refractivity contribution in [2.24, 2.45) is 5.92 Å². The lowest BCUT2D eigenvalue weighted by atomic mass is 9.89. The summed E-state index contributed by atoms with van der Waals surface area (Å²) in [6.45, 7) is 7.78. The lowest BCUT2D eigenvalue weighted by molar-refractivity contribution is 0.00819. The fraction of sp³-hybridized carbons (Fsp3) is 1.00. The molecule has 1 saturated carbocycles. The van der Waals surface area contributed by atoms with Crippen LogP contribution < -0.4 is 5.32 Å². The van der Waals surface area contributed by atoms with Gasteiger partial charge in [-0.3, -0.25) is 0 Å². The van der Waals surface area contributed by atoms with Gasteiger partial charge in [-0.25, -0.2) is 0 Å². The smallest absolute Gasteiger partial charge is 0.0637 e. The SMILES string of the molecule is COC(C)(C)CC(C)NCC1CCCCC1. The molecule has 0 aromatic carbocycles. The minimum absolute atomic E-state index is 0.00101. The summed E-state index contributed by atoms with van der Waals surface area (Å²) in [6.07, 6.45) is 8.24. The van der Waals surface area contributed by atoms with Crippen molar-refractivity contribution >= 4 is 0 Å². The highest BCUT2D eigenvalue weighted by Crippen LogP contribution is 2.23. The number of hydrogen-bond acceptors (Lipinski definition) is 2. The van der Waals surface area contributed by atoms with Crippen LogP contribution in [0.25, 0.3) is 0 Å². The van der Waals surface area contributed by atoms with Crippen molar-refractivity contribution in [3.63, 3.8) is 0 Å². The maximum Gasteiger partial charge on any atom is 0.0637 e. The third-order valence-electron chi connectivity index (χ3n) is 3.83. The Hall–Kier alpha value is -0.0800. The van der Waals surface area contributed by atoms with E-state index in [4.69, 9.17) is 4.74 Å². The molecule has 0 heterocycles. The first-order valence-electron chi connectivity index (χ1n) is 6.82. The van der Waals surface area contributed by atoms with E-state index in [1.54, 1.807) is 7.11 Å². The van der Waals surface area contributed by atoms with Crippen LogP contribution in [0.4, 0.5) is 0 Å². The molecule has 0 spiro atoms. The molecule has 0 radical (unpaired) electrons. The van der Waals surface area contributed by atoms with Gasteiger partial charge in [0, 0.05) is 13.2 Å². The van der Waals surface area contributed by atoms with Crippen LogP contribution in [0, 0.1) is 5.92 Å². The zero-order valence-electron chi connectivity index (χ0n) is 11.5. The molecule has 0 aromatic rings. The maximum absolute atomic E-state index is 5.46. The summed E-state index contributed by atoms with van der Waals surface area (Å²) in [6, 6.07) is 0.553. The van der Waals surface area contributed by atoms with Crippen molar-refractivity contribution < 1.29 is 4.74 Å². The monoisotopic (exact) mass is 227 g/mol. The van der Waals surface area contributed by atoms with Crippen LogP contribution in [-0.2, 0) is 4.74 Å². The Morgan fingerprint density at radius 1 is 1.25 bits per heavy atom. The second-order valence-corrected chi connectivity index (χ2v) is 5.98. The van der Waals surface area contributed by atoms with Crippen LogP contribution in [0.1, 0.15) is 59.3 Å². The summed E-state index contributed by atoms with van der Waals surface area (Å²) < 4.78 is 5.46.